The molecule has 0 radical (unpaired) electrons. The monoisotopic (exact) mass is 401 g/mol. The first-order valence-corrected chi connectivity index (χ1v) is 9.21. The number of fused-ring (bicyclic) bond motifs is 1. The number of carbonyl (C=O) groups is 2. The van der Waals surface area contributed by atoms with Crippen molar-refractivity contribution < 1.29 is 28.2 Å². The summed E-state index contributed by atoms with van der Waals surface area (Å²) in [6.45, 7) is 1.60. The summed E-state index contributed by atoms with van der Waals surface area (Å²) in [4.78, 5) is 27.9. The van der Waals surface area contributed by atoms with Crippen LogP contribution in [0.1, 0.15) is 0 Å². The Morgan fingerprint density at radius 1 is 1.10 bits per heavy atom. The van der Waals surface area contributed by atoms with Gasteiger partial charge >= 0.3 is 6.03 Å². The lowest BCUT2D eigenvalue weighted by Gasteiger charge is -2.18. The summed E-state index contributed by atoms with van der Waals surface area (Å²) in [6.07, 6.45) is 0. The molecule has 0 unspecified atom stereocenters. The Kier molecular flexibility index (Phi) is 5.37. The van der Waals surface area contributed by atoms with Crippen LogP contribution in [-0.4, -0.2) is 56.4 Å². The Morgan fingerprint density at radius 2 is 1.90 bits per heavy atom. The highest BCUT2D eigenvalue weighted by atomic mass is 19.1. The minimum absolute atomic E-state index is 0.0313. The third-order valence-corrected chi connectivity index (χ3v) is 4.60. The predicted molar refractivity (Wildman–Crippen MR) is 102 cm³/mol. The molecule has 2 aliphatic rings. The Balaban J connectivity index is 1.23. The minimum atomic E-state index is -0.337. The fourth-order valence-electron chi connectivity index (χ4n) is 3.14. The normalized spacial score (nSPS) is 15.0. The number of halogens is 1. The maximum absolute atomic E-state index is 12.8. The van der Waals surface area contributed by atoms with Crippen LogP contribution in [0.3, 0.4) is 0 Å². The number of urea groups is 1. The van der Waals surface area contributed by atoms with Crippen LogP contribution in [0.15, 0.2) is 42.5 Å². The largest absolute Gasteiger partial charge is 0.492 e. The number of hydrogen-bond acceptors (Lipinski definition) is 5. The molecule has 9 heteroatoms. The Bertz CT molecular complexity index is 905. The Morgan fingerprint density at radius 3 is 2.72 bits per heavy atom. The molecule has 8 nitrogen and oxygen atoms in total. The van der Waals surface area contributed by atoms with Crippen molar-refractivity contribution in [1.29, 1.82) is 0 Å². The van der Waals surface area contributed by atoms with Crippen molar-refractivity contribution in [2.24, 2.45) is 0 Å². The van der Waals surface area contributed by atoms with Crippen LogP contribution in [0.5, 0.6) is 17.2 Å². The van der Waals surface area contributed by atoms with E-state index in [0.717, 1.165) is 0 Å². The van der Waals surface area contributed by atoms with Crippen LogP contribution in [0.25, 0.3) is 0 Å². The number of benzene rings is 2. The van der Waals surface area contributed by atoms with Gasteiger partial charge in [-0.3, -0.25) is 9.69 Å². The van der Waals surface area contributed by atoms with Crippen molar-refractivity contribution >= 4 is 17.6 Å². The van der Waals surface area contributed by atoms with E-state index in [4.69, 9.17) is 14.2 Å². The van der Waals surface area contributed by atoms with E-state index in [0.29, 0.717) is 36.0 Å². The quantitative estimate of drug-likeness (QED) is 0.718. The van der Waals surface area contributed by atoms with E-state index in [1.165, 1.54) is 29.2 Å². The van der Waals surface area contributed by atoms with Gasteiger partial charge in [0.2, 0.25) is 12.7 Å². The fourth-order valence-corrected chi connectivity index (χ4v) is 3.14. The average Bonchev–Trinajstić information content (AvgIpc) is 3.33. The van der Waals surface area contributed by atoms with E-state index in [1.54, 1.807) is 23.1 Å². The number of ether oxygens (including phenoxy) is 3. The van der Waals surface area contributed by atoms with E-state index in [-0.39, 0.29) is 44.2 Å². The summed E-state index contributed by atoms with van der Waals surface area (Å²) < 4.78 is 28.9. The second kappa shape index (κ2) is 8.26. The summed E-state index contributed by atoms with van der Waals surface area (Å²) in [7, 11) is 0. The SMILES string of the molecule is O=C(CN1CCN(c2ccc3c(c2)OCO3)C1=O)NCCOc1ccc(F)cc1. The van der Waals surface area contributed by atoms with Crippen molar-refractivity contribution in [3.05, 3.63) is 48.3 Å². The maximum atomic E-state index is 12.8. The van der Waals surface area contributed by atoms with E-state index >= 15 is 0 Å². The number of amides is 3. The van der Waals surface area contributed by atoms with Gasteiger partial charge in [0.25, 0.3) is 0 Å². The minimum Gasteiger partial charge on any atom is -0.492 e. The van der Waals surface area contributed by atoms with Gasteiger partial charge in [-0.1, -0.05) is 0 Å². The molecule has 0 spiro atoms. The molecule has 2 heterocycles. The third kappa shape index (κ3) is 4.34. The van der Waals surface area contributed by atoms with Gasteiger partial charge < -0.3 is 24.4 Å². The van der Waals surface area contributed by atoms with Gasteiger partial charge in [-0.2, -0.15) is 0 Å². The van der Waals surface area contributed by atoms with Gasteiger partial charge in [0.1, 0.15) is 24.7 Å². The highest BCUT2D eigenvalue weighted by Crippen LogP contribution is 2.36. The Labute approximate surface area is 166 Å². The number of carbonyl (C=O) groups excluding carboxylic acids is 2. The molecule has 152 valence electrons. The summed E-state index contributed by atoms with van der Waals surface area (Å²) >= 11 is 0. The van der Waals surface area contributed by atoms with Crippen molar-refractivity contribution in [3.63, 3.8) is 0 Å². The van der Waals surface area contributed by atoms with Gasteiger partial charge in [-0.15, -0.1) is 0 Å². The van der Waals surface area contributed by atoms with Crippen LogP contribution < -0.4 is 24.4 Å². The van der Waals surface area contributed by atoms with E-state index in [1.807, 2.05) is 0 Å². The number of hydrogen-bond donors (Lipinski definition) is 1. The number of rotatable bonds is 7. The zero-order valence-corrected chi connectivity index (χ0v) is 15.6. The van der Waals surface area contributed by atoms with Gasteiger partial charge in [-0.25, -0.2) is 9.18 Å². The zero-order valence-electron chi connectivity index (χ0n) is 15.6. The van der Waals surface area contributed by atoms with Gasteiger partial charge in [0, 0.05) is 24.8 Å². The molecular weight excluding hydrogens is 381 g/mol. The highest BCUT2D eigenvalue weighted by Gasteiger charge is 2.31. The molecule has 29 heavy (non-hydrogen) atoms. The lowest BCUT2D eigenvalue weighted by atomic mass is 10.2. The molecule has 3 amide bonds. The summed E-state index contributed by atoms with van der Waals surface area (Å²) in [5, 5.41) is 2.71. The molecular formula is C20H20FN3O5. The molecule has 0 aromatic heterocycles. The van der Waals surface area contributed by atoms with Gasteiger partial charge in [0.15, 0.2) is 11.5 Å². The van der Waals surface area contributed by atoms with E-state index < -0.39 is 0 Å². The number of nitrogens with zero attached hydrogens (tertiary/aromatic N) is 2. The van der Waals surface area contributed by atoms with Crippen LogP contribution in [0.2, 0.25) is 0 Å². The molecule has 4 rings (SSSR count). The molecule has 2 aromatic rings. The standard InChI is InChI=1S/C20H20FN3O5/c21-14-1-4-16(5-2-14)27-10-7-22-19(25)12-23-8-9-24(20(23)26)15-3-6-17-18(11-15)29-13-28-17/h1-6,11H,7-10,12-13H2,(H,22,25). The van der Waals surface area contributed by atoms with Crippen LogP contribution in [0.4, 0.5) is 14.9 Å². The second-order valence-corrected chi connectivity index (χ2v) is 6.55. The molecule has 1 saturated heterocycles. The summed E-state index contributed by atoms with van der Waals surface area (Å²) in [5.41, 5.74) is 0.704. The first kappa shape index (κ1) is 18.9. The number of nitrogens with one attached hydrogen (secondary N) is 1. The fraction of sp³-hybridized carbons (Fsp3) is 0.300. The molecule has 1 fully saturated rings. The maximum Gasteiger partial charge on any atom is 0.325 e. The average molecular weight is 401 g/mol. The zero-order chi connectivity index (χ0) is 20.2. The van der Waals surface area contributed by atoms with Gasteiger partial charge in [0.05, 0.1) is 6.54 Å². The van der Waals surface area contributed by atoms with Crippen LogP contribution in [-0.2, 0) is 4.79 Å². The summed E-state index contributed by atoms with van der Waals surface area (Å²) in [5.74, 6) is 1.17. The van der Waals surface area contributed by atoms with E-state index in [9.17, 15) is 14.0 Å². The molecule has 2 aromatic carbocycles. The van der Waals surface area contributed by atoms with Crippen LogP contribution >= 0.6 is 0 Å². The second-order valence-electron chi connectivity index (χ2n) is 6.55. The van der Waals surface area contributed by atoms with Crippen molar-refractivity contribution in [3.8, 4) is 17.2 Å². The van der Waals surface area contributed by atoms with E-state index in [2.05, 4.69) is 5.32 Å². The Hall–Kier alpha value is -3.49. The van der Waals surface area contributed by atoms with Crippen molar-refractivity contribution in [2.75, 3.05) is 44.5 Å². The molecule has 2 aliphatic heterocycles. The lowest BCUT2D eigenvalue weighted by molar-refractivity contribution is -0.121. The molecule has 0 bridgehead atoms. The predicted octanol–water partition coefficient (Wildman–Crippen LogP) is 1.99. The van der Waals surface area contributed by atoms with Gasteiger partial charge in [-0.05, 0) is 36.4 Å². The highest BCUT2D eigenvalue weighted by molar-refractivity contribution is 5.96. The lowest BCUT2D eigenvalue weighted by Crippen LogP contribution is -2.41. The van der Waals surface area contributed by atoms with Crippen LogP contribution in [0, 0.1) is 5.82 Å². The first-order chi connectivity index (χ1) is 14.1. The first-order valence-electron chi connectivity index (χ1n) is 9.21. The molecule has 1 N–H and O–H groups in total. The number of anilines is 1. The van der Waals surface area contributed by atoms with Crippen molar-refractivity contribution in [2.45, 2.75) is 0 Å². The summed E-state index contributed by atoms with van der Waals surface area (Å²) in [6, 6.07) is 10.7. The molecule has 0 saturated carbocycles. The molecule has 0 atom stereocenters. The third-order valence-electron chi connectivity index (χ3n) is 4.60. The smallest absolute Gasteiger partial charge is 0.325 e. The topological polar surface area (TPSA) is 80.3 Å². The molecule has 0 aliphatic carbocycles. The van der Waals surface area contributed by atoms with Crippen molar-refractivity contribution in [1.82, 2.24) is 10.2 Å².